The van der Waals surface area contributed by atoms with Gasteiger partial charge in [0.25, 0.3) is 5.91 Å². The SMILES string of the molecule is O=C(NC1CCC(C(=O)O)CC1)c1ccc(Cl)c(Br)c1. The normalized spacial score (nSPS) is 22.3. The third-order valence-corrected chi connectivity index (χ3v) is 4.81. The standard InChI is InChI=1S/C14H15BrClNO3/c15-11-7-9(3-6-12(11)16)13(18)17-10-4-1-8(2-5-10)14(19)20/h3,6-8,10H,1-2,4-5H2,(H,17,18)(H,19,20). The highest BCUT2D eigenvalue weighted by atomic mass is 79.9. The van der Waals surface area contributed by atoms with Gasteiger partial charge in [0.2, 0.25) is 0 Å². The Balaban J connectivity index is 1.92. The first-order valence-electron chi connectivity index (χ1n) is 6.46. The summed E-state index contributed by atoms with van der Waals surface area (Å²) < 4.78 is 0.682. The van der Waals surface area contributed by atoms with Crippen molar-refractivity contribution in [3.63, 3.8) is 0 Å². The number of rotatable bonds is 3. The van der Waals surface area contributed by atoms with E-state index in [1.54, 1.807) is 18.2 Å². The predicted molar refractivity (Wildman–Crippen MR) is 80.0 cm³/mol. The molecule has 1 aromatic rings. The maximum Gasteiger partial charge on any atom is 0.306 e. The Morgan fingerprint density at radius 3 is 2.45 bits per heavy atom. The van der Waals surface area contributed by atoms with E-state index in [1.807, 2.05) is 0 Å². The van der Waals surface area contributed by atoms with Crippen molar-refractivity contribution in [2.24, 2.45) is 5.92 Å². The second kappa shape index (κ2) is 6.59. The summed E-state index contributed by atoms with van der Waals surface area (Å²) in [5, 5.41) is 12.4. The number of nitrogens with one attached hydrogen (secondary N) is 1. The molecule has 1 amide bonds. The van der Waals surface area contributed by atoms with Crippen molar-refractivity contribution in [1.29, 1.82) is 0 Å². The maximum absolute atomic E-state index is 12.1. The predicted octanol–water partition coefficient (Wildman–Crippen LogP) is 3.48. The molecule has 0 bridgehead atoms. The van der Waals surface area contributed by atoms with Crippen LogP contribution in [0.2, 0.25) is 5.02 Å². The van der Waals surface area contributed by atoms with Crippen LogP contribution in [0.4, 0.5) is 0 Å². The van der Waals surface area contributed by atoms with E-state index >= 15 is 0 Å². The molecule has 0 unspecified atom stereocenters. The molecule has 0 radical (unpaired) electrons. The lowest BCUT2D eigenvalue weighted by molar-refractivity contribution is -0.142. The van der Waals surface area contributed by atoms with Crippen molar-refractivity contribution in [2.45, 2.75) is 31.7 Å². The molecule has 1 aromatic carbocycles. The highest BCUT2D eigenvalue weighted by Crippen LogP contribution is 2.26. The summed E-state index contributed by atoms with van der Waals surface area (Å²) in [6, 6.07) is 5.07. The van der Waals surface area contributed by atoms with Crippen molar-refractivity contribution < 1.29 is 14.7 Å². The van der Waals surface area contributed by atoms with Gasteiger partial charge in [0, 0.05) is 16.1 Å². The molecule has 1 fully saturated rings. The number of hydrogen-bond acceptors (Lipinski definition) is 2. The van der Waals surface area contributed by atoms with Crippen LogP contribution in [0.3, 0.4) is 0 Å². The molecule has 1 aliphatic rings. The lowest BCUT2D eigenvalue weighted by atomic mass is 9.86. The van der Waals surface area contributed by atoms with Crippen LogP contribution in [0.25, 0.3) is 0 Å². The van der Waals surface area contributed by atoms with E-state index < -0.39 is 5.97 Å². The van der Waals surface area contributed by atoms with Crippen LogP contribution in [-0.4, -0.2) is 23.0 Å². The summed E-state index contributed by atoms with van der Waals surface area (Å²) in [5.41, 5.74) is 0.543. The summed E-state index contributed by atoms with van der Waals surface area (Å²) in [7, 11) is 0. The molecule has 0 aliphatic heterocycles. The number of benzene rings is 1. The van der Waals surface area contributed by atoms with E-state index in [0.29, 0.717) is 40.7 Å². The maximum atomic E-state index is 12.1. The first kappa shape index (κ1) is 15.3. The fourth-order valence-electron chi connectivity index (χ4n) is 2.39. The molecular formula is C14H15BrClNO3. The largest absolute Gasteiger partial charge is 0.481 e. The molecule has 1 aliphatic carbocycles. The molecule has 0 saturated heterocycles. The summed E-state index contributed by atoms with van der Waals surface area (Å²) in [6.07, 6.45) is 2.64. The van der Waals surface area contributed by atoms with Crippen LogP contribution in [0.15, 0.2) is 22.7 Å². The highest BCUT2D eigenvalue weighted by molar-refractivity contribution is 9.10. The Morgan fingerprint density at radius 1 is 1.25 bits per heavy atom. The Morgan fingerprint density at radius 2 is 1.90 bits per heavy atom. The number of aliphatic carboxylic acids is 1. The molecule has 108 valence electrons. The number of carboxylic acid groups (broad SMARTS) is 1. The molecule has 0 aromatic heterocycles. The number of halogens is 2. The van der Waals surface area contributed by atoms with Crippen molar-refractivity contribution in [2.75, 3.05) is 0 Å². The van der Waals surface area contributed by atoms with E-state index in [-0.39, 0.29) is 17.9 Å². The number of carboxylic acids is 1. The molecule has 20 heavy (non-hydrogen) atoms. The lowest BCUT2D eigenvalue weighted by Gasteiger charge is -2.26. The molecule has 6 heteroatoms. The van der Waals surface area contributed by atoms with Crippen LogP contribution < -0.4 is 5.32 Å². The number of amides is 1. The van der Waals surface area contributed by atoms with Gasteiger partial charge < -0.3 is 10.4 Å². The minimum absolute atomic E-state index is 0.0487. The monoisotopic (exact) mass is 359 g/mol. The lowest BCUT2D eigenvalue weighted by Crippen LogP contribution is -2.38. The van der Waals surface area contributed by atoms with Gasteiger partial charge in [-0.1, -0.05) is 11.6 Å². The van der Waals surface area contributed by atoms with E-state index in [0.717, 1.165) is 0 Å². The minimum atomic E-state index is -0.739. The first-order valence-corrected chi connectivity index (χ1v) is 7.63. The Kier molecular flexibility index (Phi) is 5.05. The van der Waals surface area contributed by atoms with Crippen LogP contribution >= 0.6 is 27.5 Å². The van der Waals surface area contributed by atoms with Crippen LogP contribution in [-0.2, 0) is 4.79 Å². The van der Waals surface area contributed by atoms with E-state index in [9.17, 15) is 9.59 Å². The number of carbonyl (C=O) groups excluding carboxylic acids is 1. The smallest absolute Gasteiger partial charge is 0.306 e. The van der Waals surface area contributed by atoms with Crippen molar-refractivity contribution >= 4 is 39.4 Å². The van der Waals surface area contributed by atoms with E-state index in [4.69, 9.17) is 16.7 Å². The molecular weight excluding hydrogens is 346 g/mol. The van der Waals surface area contributed by atoms with Gasteiger partial charge in [0.15, 0.2) is 0 Å². The number of hydrogen-bond donors (Lipinski definition) is 2. The minimum Gasteiger partial charge on any atom is -0.481 e. The molecule has 0 heterocycles. The van der Waals surface area contributed by atoms with Gasteiger partial charge >= 0.3 is 5.97 Å². The van der Waals surface area contributed by atoms with Gasteiger partial charge in [-0.3, -0.25) is 9.59 Å². The Bertz CT molecular complexity index is 527. The van der Waals surface area contributed by atoms with Crippen molar-refractivity contribution in [3.8, 4) is 0 Å². The van der Waals surface area contributed by atoms with Crippen LogP contribution in [0.1, 0.15) is 36.0 Å². The van der Waals surface area contributed by atoms with Gasteiger partial charge in [-0.2, -0.15) is 0 Å². The van der Waals surface area contributed by atoms with Crippen molar-refractivity contribution in [1.82, 2.24) is 5.32 Å². The van der Waals surface area contributed by atoms with E-state index in [1.165, 1.54) is 0 Å². The summed E-state index contributed by atoms with van der Waals surface area (Å²) in [6.45, 7) is 0. The fourth-order valence-corrected chi connectivity index (χ4v) is 2.89. The molecule has 0 spiro atoms. The molecule has 0 atom stereocenters. The first-order chi connectivity index (χ1) is 9.47. The van der Waals surface area contributed by atoms with E-state index in [2.05, 4.69) is 21.2 Å². The molecule has 4 nitrogen and oxygen atoms in total. The Labute approximate surface area is 130 Å². The fraction of sp³-hybridized carbons (Fsp3) is 0.429. The second-order valence-corrected chi connectivity index (χ2v) is 6.25. The van der Waals surface area contributed by atoms with Gasteiger partial charge in [-0.05, 0) is 59.8 Å². The summed E-state index contributed by atoms with van der Waals surface area (Å²) in [4.78, 5) is 23.0. The molecule has 2 N–H and O–H groups in total. The van der Waals surface area contributed by atoms with Gasteiger partial charge in [0.1, 0.15) is 0 Å². The zero-order valence-corrected chi connectivity index (χ0v) is 13.1. The third kappa shape index (κ3) is 3.73. The average molecular weight is 361 g/mol. The average Bonchev–Trinajstić information content (AvgIpc) is 2.42. The zero-order chi connectivity index (χ0) is 14.7. The van der Waals surface area contributed by atoms with Crippen molar-refractivity contribution in [3.05, 3.63) is 33.3 Å². The highest BCUT2D eigenvalue weighted by Gasteiger charge is 2.26. The topological polar surface area (TPSA) is 66.4 Å². The third-order valence-electron chi connectivity index (χ3n) is 3.59. The summed E-state index contributed by atoms with van der Waals surface area (Å²) in [5.74, 6) is -1.16. The Hall–Kier alpha value is -1.07. The number of carbonyl (C=O) groups is 2. The van der Waals surface area contributed by atoms with Crippen LogP contribution in [0.5, 0.6) is 0 Å². The van der Waals surface area contributed by atoms with Gasteiger partial charge in [-0.25, -0.2) is 0 Å². The van der Waals surface area contributed by atoms with Crippen LogP contribution in [0, 0.1) is 5.92 Å². The molecule has 2 rings (SSSR count). The summed E-state index contributed by atoms with van der Waals surface area (Å²) >= 11 is 9.17. The van der Waals surface area contributed by atoms with Gasteiger partial charge in [-0.15, -0.1) is 0 Å². The quantitative estimate of drug-likeness (QED) is 0.867. The van der Waals surface area contributed by atoms with Gasteiger partial charge in [0.05, 0.1) is 10.9 Å². The zero-order valence-electron chi connectivity index (χ0n) is 10.7. The molecule has 1 saturated carbocycles. The second-order valence-electron chi connectivity index (χ2n) is 4.99.